The van der Waals surface area contributed by atoms with Crippen molar-refractivity contribution in [3.8, 4) is 0 Å². The highest BCUT2D eigenvalue weighted by atomic mass is 32.2. The average molecular weight is 303 g/mol. The summed E-state index contributed by atoms with van der Waals surface area (Å²) >= 11 is 1.65. The van der Waals surface area contributed by atoms with Crippen LogP contribution in [-0.2, 0) is 9.59 Å². The van der Waals surface area contributed by atoms with Crippen LogP contribution in [0.1, 0.15) is 19.8 Å². The summed E-state index contributed by atoms with van der Waals surface area (Å²) in [4.78, 5) is 35.6. The Kier molecular flexibility index (Phi) is 7.21. The Balaban J connectivity index is 2.39. The molecule has 1 fully saturated rings. The van der Waals surface area contributed by atoms with Gasteiger partial charge in [-0.05, 0) is 6.92 Å². The SMILES string of the molecule is CCNC(=O)CCNC(=O)N1CCSCC1CC(=O)O. The minimum absolute atomic E-state index is 0.0449. The van der Waals surface area contributed by atoms with E-state index in [1.165, 1.54) is 0 Å². The predicted molar refractivity (Wildman–Crippen MR) is 76.8 cm³/mol. The van der Waals surface area contributed by atoms with E-state index in [4.69, 9.17) is 5.11 Å². The van der Waals surface area contributed by atoms with Gasteiger partial charge in [-0.3, -0.25) is 9.59 Å². The summed E-state index contributed by atoms with van der Waals surface area (Å²) in [6.07, 6.45) is 0.183. The number of carbonyl (C=O) groups is 3. The number of carboxylic acid groups (broad SMARTS) is 1. The first kappa shape index (κ1) is 16.6. The standard InChI is InChI=1S/C12H21N3O4S/c1-2-13-10(16)3-4-14-12(19)15-5-6-20-8-9(15)7-11(17)18/h9H,2-8H2,1H3,(H,13,16)(H,14,19)(H,17,18). The molecule has 0 aromatic carbocycles. The van der Waals surface area contributed by atoms with E-state index in [0.717, 1.165) is 5.75 Å². The highest BCUT2D eigenvalue weighted by Gasteiger charge is 2.28. The monoisotopic (exact) mass is 303 g/mol. The number of carbonyl (C=O) groups excluding carboxylic acids is 2. The molecule has 3 N–H and O–H groups in total. The first-order valence-corrected chi connectivity index (χ1v) is 7.80. The zero-order valence-electron chi connectivity index (χ0n) is 11.6. The van der Waals surface area contributed by atoms with Crippen LogP contribution in [-0.4, -0.2) is 65.1 Å². The molecule has 1 saturated heterocycles. The molecule has 1 unspecified atom stereocenters. The van der Waals surface area contributed by atoms with E-state index in [9.17, 15) is 14.4 Å². The molecule has 0 aromatic rings. The second-order valence-corrected chi connectivity index (χ2v) is 5.61. The highest BCUT2D eigenvalue weighted by molar-refractivity contribution is 7.99. The lowest BCUT2D eigenvalue weighted by Gasteiger charge is -2.34. The maximum Gasteiger partial charge on any atom is 0.317 e. The molecular formula is C12H21N3O4S. The minimum Gasteiger partial charge on any atom is -0.481 e. The average Bonchev–Trinajstić information content (AvgIpc) is 2.38. The molecule has 0 saturated carbocycles. The Morgan fingerprint density at radius 2 is 2.10 bits per heavy atom. The minimum atomic E-state index is -0.905. The Labute approximate surface area is 122 Å². The zero-order chi connectivity index (χ0) is 15.0. The second-order valence-electron chi connectivity index (χ2n) is 4.46. The molecule has 0 spiro atoms. The number of rotatable bonds is 6. The van der Waals surface area contributed by atoms with Crippen molar-refractivity contribution < 1.29 is 19.5 Å². The van der Waals surface area contributed by atoms with Crippen LogP contribution in [0.5, 0.6) is 0 Å². The number of carboxylic acids is 1. The van der Waals surface area contributed by atoms with Crippen molar-refractivity contribution >= 4 is 29.7 Å². The molecule has 0 radical (unpaired) electrons. The van der Waals surface area contributed by atoms with E-state index in [2.05, 4.69) is 10.6 Å². The molecular weight excluding hydrogens is 282 g/mol. The summed E-state index contributed by atoms with van der Waals surface area (Å²) in [5.74, 6) is 0.428. The summed E-state index contributed by atoms with van der Waals surface area (Å²) in [7, 11) is 0. The molecule has 0 aromatic heterocycles. The largest absolute Gasteiger partial charge is 0.481 e. The van der Waals surface area contributed by atoms with Crippen LogP contribution in [0.3, 0.4) is 0 Å². The van der Waals surface area contributed by atoms with E-state index in [-0.39, 0.29) is 37.4 Å². The number of hydrogen-bond acceptors (Lipinski definition) is 4. The summed E-state index contributed by atoms with van der Waals surface area (Å²) < 4.78 is 0. The molecule has 7 nitrogen and oxygen atoms in total. The van der Waals surface area contributed by atoms with E-state index < -0.39 is 5.97 Å². The van der Waals surface area contributed by atoms with E-state index >= 15 is 0 Å². The molecule has 1 rings (SSSR count). The number of thioether (sulfide) groups is 1. The van der Waals surface area contributed by atoms with Gasteiger partial charge in [-0.1, -0.05) is 0 Å². The molecule has 3 amide bonds. The smallest absolute Gasteiger partial charge is 0.317 e. The molecule has 0 bridgehead atoms. The van der Waals surface area contributed by atoms with Crippen molar-refractivity contribution in [2.24, 2.45) is 0 Å². The number of nitrogens with zero attached hydrogens (tertiary/aromatic N) is 1. The Morgan fingerprint density at radius 1 is 1.35 bits per heavy atom. The van der Waals surface area contributed by atoms with Crippen LogP contribution in [0.15, 0.2) is 0 Å². The number of amides is 3. The van der Waals surface area contributed by atoms with Gasteiger partial charge < -0.3 is 20.6 Å². The predicted octanol–water partition coefficient (Wildman–Crippen LogP) is 0.114. The van der Waals surface area contributed by atoms with Crippen LogP contribution in [0.25, 0.3) is 0 Å². The lowest BCUT2D eigenvalue weighted by atomic mass is 10.2. The van der Waals surface area contributed by atoms with Gasteiger partial charge in [-0.25, -0.2) is 4.79 Å². The van der Waals surface area contributed by atoms with E-state index in [1.54, 1.807) is 16.7 Å². The fourth-order valence-corrected chi connectivity index (χ4v) is 3.03. The first-order valence-electron chi connectivity index (χ1n) is 6.65. The quantitative estimate of drug-likeness (QED) is 0.647. The second kappa shape index (κ2) is 8.68. The van der Waals surface area contributed by atoms with Crippen molar-refractivity contribution in [1.29, 1.82) is 0 Å². The molecule has 20 heavy (non-hydrogen) atoms. The van der Waals surface area contributed by atoms with Gasteiger partial charge >= 0.3 is 12.0 Å². The van der Waals surface area contributed by atoms with Gasteiger partial charge in [0.2, 0.25) is 5.91 Å². The van der Waals surface area contributed by atoms with Gasteiger partial charge in [0.1, 0.15) is 0 Å². The Morgan fingerprint density at radius 3 is 2.75 bits per heavy atom. The molecule has 1 aliphatic heterocycles. The van der Waals surface area contributed by atoms with Gasteiger partial charge in [-0.2, -0.15) is 11.8 Å². The maximum atomic E-state index is 12.0. The van der Waals surface area contributed by atoms with Crippen LogP contribution in [0.4, 0.5) is 4.79 Å². The van der Waals surface area contributed by atoms with E-state index in [0.29, 0.717) is 18.8 Å². The van der Waals surface area contributed by atoms with Gasteiger partial charge in [0.15, 0.2) is 0 Å². The van der Waals surface area contributed by atoms with Crippen molar-refractivity contribution in [2.45, 2.75) is 25.8 Å². The van der Waals surface area contributed by atoms with Crippen molar-refractivity contribution in [2.75, 3.05) is 31.1 Å². The lowest BCUT2D eigenvalue weighted by Crippen LogP contribution is -2.51. The number of nitrogens with one attached hydrogen (secondary N) is 2. The van der Waals surface area contributed by atoms with Crippen LogP contribution >= 0.6 is 11.8 Å². The van der Waals surface area contributed by atoms with Crippen LogP contribution in [0, 0.1) is 0 Å². The Bertz CT molecular complexity index is 365. The zero-order valence-corrected chi connectivity index (χ0v) is 12.4. The highest BCUT2D eigenvalue weighted by Crippen LogP contribution is 2.18. The van der Waals surface area contributed by atoms with Crippen molar-refractivity contribution in [3.63, 3.8) is 0 Å². The number of hydrogen-bond donors (Lipinski definition) is 3. The fourth-order valence-electron chi connectivity index (χ4n) is 1.96. The molecule has 1 aliphatic rings. The van der Waals surface area contributed by atoms with Crippen molar-refractivity contribution in [3.05, 3.63) is 0 Å². The molecule has 0 aliphatic carbocycles. The van der Waals surface area contributed by atoms with Gasteiger partial charge in [-0.15, -0.1) is 0 Å². The van der Waals surface area contributed by atoms with Gasteiger partial charge in [0.25, 0.3) is 0 Å². The maximum absolute atomic E-state index is 12.0. The van der Waals surface area contributed by atoms with Gasteiger partial charge in [0.05, 0.1) is 12.5 Å². The summed E-state index contributed by atoms with van der Waals surface area (Å²) in [5, 5.41) is 14.2. The molecule has 114 valence electrons. The van der Waals surface area contributed by atoms with Gasteiger partial charge in [0, 0.05) is 37.6 Å². The fraction of sp³-hybridized carbons (Fsp3) is 0.750. The molecule has 1 atom stereocenters. The third kappa shape index (κ3) is 5.68. The Hall–Kier alpha value is -1.44. The third-order valence-corrected chi connectivity index (χ3v) is 3.99. The van der Waals surface area contributed by atoms with Crippen LogP contribution in [0.2, 0.25) is 0 Å². The van der Waals surface area contributed by atoms with Crippen LogP contribution < -0.4 is 10.6 Å². The summed E-state index contributed by atoms with van der Waals surface area (Å²) in [5.41, 5.74) is 0. The molecule has 8 heteroatoms. The van der Waals surface area contributed by atoms with Crippen molar-refractivity contribution in [1.82, 2.24) is 15.5 Å². The number of urea groups is 1. The topological polar surface area (TPSA) is 98.7 Å². The number of aliphatic carboxylic acids is 1. The first-order chi connectivity index (χ1) is 9.54. The molecule has 1 heterocycles. The normalized spacial score (nSPS) is 18.4. The lowest BCUT2D eigenvalue weighted by molar-refractivity contribution is -0.138. The third-order valence-electron chi connectivity index (χ3n) is 2.90. The van der Waals surface area contributed by atoms with E-state index in [1.807, 2.05) is 6.92 Å². The summed E-state index contributed by atoms with van der Waals surface area (Å²) in [6.45, 7) is 3.19. The summed E-state index contributed by atoms with van der Waals surface area (Å²) in [6, 6.07) is -0.573.